The number of aromatic nitrogens is 5. The van der Waals surface area contributed by atoms with Crippen LogP contribution in [0.3, 0.4) is 0 Å². The van der Waals surface area contributed by atoms with Gasteiger partial charge in [-0.05, 0) is 16.0 Å². The first-order valence-electron chi connectivity index (χ1n) is 8.99. The van der Waals surface area contributed by atoms with Crippen molar-refractivity contribution >= 4 is 86.6 Å². The fourth-order valence-corrected chi connectivity index (χ4v) is 6.45. The van der Waals surface area contributed by atoms with E-state index >= 15 is 0 Å². The molecule has 1 saturated heterocycles. The molecule has 2 amide bonds. The van der Waals surface area contributed by atoms with Gasteiger partial charge < -0.3 is 21.0 Å². The zero-order valence-electron chi connectivity index (χ0n) is 17.5. The third-order valence-electron chi connectivity index (χ3n) is 4.68. The Kier molecular flexibility index (Phi) is 8.95. The second-order valence-electron chi connectivity index (χ2n) is 6.68. The minimum Gasteiger partial charge on any atom is -0.543 e. The van der Waals surface area contributed by atoms with Crippen molar-refractivity contribution in [2.75, 3.05) is 17.2 Å². The second-order valence-corrected chi connectivity index (χ2v) is 10.6. The van der Waals surface area contributed by atoms with Crippen LogP contribution in [0, 0.1) is 0 Å². The van der Waals surface area contributed by atoms with Gasteiger partial charge in [-0.15, -0.1) is 28.2 Å². The predicted molar refractivity (Wildman–Crippen MR) is 122 cm³/mol. The molecule has 2 aromatic rings. The van der Waals surface area contributed by atoms with Gasteiger partial charge >= 0.3 is 29.6 Å². The molecule has 2 atom stereocenters. The number of rotatable bonds is 7. The number of fused-ring (bicyclic) bond motifs is 1. The standard InChI is InChI=1S/C16H14Cl2N8O4S3.Na/c1-25-16(22-23-24-25)33-3-5-2-31-13-8(12(28)26(13)9(5)14(29)30)21-11(27)7(10(17)18)6-4-32-15(19)20-6;/h4,8,13H,2-3H2,1H3,(H2,19,20)(H,21,27)(H,29,30);/q;+1/p-1/t8?,13-;/m1./s1. The molecular formula is C16H13Cl2N8NaO4S3. The summed E-state index contributed by atoms with van der Waals surface area (Å²) >= 11 is 15.4. The first kappa shape index (κ1) is 27.3. The van der Waals surface area contributed by atoms with Crippen LogP contribution in [0.5, 0.6) is 0 Å². The summed E-state index contributed by atoms with van der Waals surface area (Å²) in [6.45, 7) is 0. The Labute approximate surface area is 237 Å². The molecule has 34 heavy (non-hydrogen) atoms. The zero-order valence-corrected chi connectivity index (χ0v) is 23.5. The molecule has 0 aliphatic carbocycles. The van der Waals surface area contributed by atoms with Gasteiger partial charge in [0.25, 0.3) is 11.8 Å². The molecule has 4 heterocycles. The molecule has 0 aromatic carbocycles. The fraction of sp³-hybridized carbons (Fsp3) is 0.312. The van der Waals surface area contributed by atoms with E-state index in [0.29, 0.717) is 16.5 Å². The fourth-order valence-electron chi connectivity index (χ4n) is 3.19. The molecule has 18 heteroatoms. The number of carbonyl (C=O) groups is 3. The normalized spacial score (nSPS) is 19.1. The first-order chi connectivity index (χ1) is 15.7. The molecule has 0 spiro atoms. The Morgan fingerprint density at radius 2 is 2.15 bits per heavy atom. The van der Waals surface area contributed by atoms with Gasteiger partial charge in [-0.2, -0.15) is 0 Å². The number of carbonyl (C=O) groups excluding carboxylic acids is 3. The molecular weight excluding hydrogens is 558 g/mol. The molecule has 2 aliphatic rings. The predicted octanol–water partition coefficient (Wildman–Crippen LogP) is -3.40. The number of nitrogens with one attached hydrogen (secondary N) is 1. The van der Waals surface area contributed by atoms with E-state index in [4.69, 9.17) is 28.9 Å². The van der Waals surface area contributed by atoms with Gasteiger partial charge in [-0.1, -0.05) is 35.0 Å². The average Bonchev–Trinajstić information content (AvgIpc) is 3.37. The molecule has 0 saturated carbocycles. The first-order valence-corrected chi connectivity index (χ1v) is 12.7. The van der Waals surface area contributed by atoms with Crippen LogP contribution in [-0.4, -0.2) is 70.8 Å². The number of thioether (sulfide) groups is 2. The van der Waals surface area contributed by atoms with Crippen LogP contribution in [0.15, 0.2) is 26.3 Å². The summed E-state index contributed by atoms with van der Waals surface area (Å²) in [5.74, 6) is -2.24. The van der Waals surface area contributed by atoms with E-state index < -0.39 is 29.2 Å². The summed E-state index contributed by atoms with van der Waals surface area (Å²) in [5, 5.41) is 27.1. The van der Waals surface area contributed by atoms with E-state index in [9.17, 15) is 19.5 Å². The third kappa shape index (κ3) is 5.26. The van der Waals surface area contributed by atoms with Crippen molar-refractivity contribution in [1.29, 1.82) is 0 Å². The van der Waals surface area contributed by atoms with Crippen molar-refractivity contribution < 1.29 is 49.0 Å². The Bertz CT molecular complexity index is 1210. The van der Waals surface area contributed by atoms with E-state index in [-0.39, 0.29) is 61.9 Å². The van der Waals surface area contributed by atoms with Crippen molar-refractivity contribution in [2.45, 2.75) is 16.6 Å². The maximum Gasteiger partial charge on any atom is 1.00 e. The van der Waals surface area contributed by atoms with Crippen LogP contribution in [0.25, 0.3) is 5.57 Å². The molecule has 0 bridgehead atoms. The summed E-state index contributed by atoms with van der Waals surface area (Å²) in [6.07, 6.45) is 0. The SMILES string of the molecule is Cn1nnnc1SCC1=C(C(=O)[O-])N2C(=O)C(NC(=O)C(=C(Cl)Cl)c3csc(N)n3)[C@H]2SC1.[Na+]. The maximum atomic E-state index is 12.8. The number of nitrogen functional groups attached to an aromatic ring is 1. The Hall–Kier alpha value is -1.33. The number of anilines is 1. The number of halogens is 2. The monoisotopic (exact) mass is 570 g/mol. The number of aliphatic carboxylic acids is 1. The van der Waals surface area contributed by atoms with Gasteiger partial charge in [0.15, 0.2) is 5.13 Å². The topological polar surface area (TPSA) is 172 Å². The third-order valence-corrected chi connectivity index (χ3v) is 8.17. The van der Waals surface area contributed by atoms with Gasteiger partial charge in [0, 0.05) is 23.9 Å². The molecule has 1 fully saturated rings. The Morgan fingerprint density at radius 1 is 1.41 bits per heavy atom. The van der Waals surface area contributed by atoms with Crippen molar-refractivity contribution in [1.82, 2.24) is 35.4 Å². The molecule has 4 rings (SSSR count). The number of aryl methyl sites for hydroxylation is 1. The number of β-lactam (4-membered cyclic amide) rings is 1. The van der Waals surface area contributed by atoms with Crippen molar-refractivity contribution in [3.05, 3.63) is 26.8 Å². The largest absolute Gasteiger partial charge is 1.00 e. The maximum absolute atomic E-state index is 12.8. The van der Waals surface area contributed by atoms with Crippen LogP contribution in [0.4, 0.5) is 5.13 Å². The number of tetrazole rings is 1. The van der Waals surface area contributed by atoms with E-state index in [1.165, 1.54) is 33.6 Å². The van der Waals surface area contributed by atoms with Gasteiger partial charge in [0.2, 0.25) is 5.16 Å². The van der Waals surface area contributed by atoms with Crippen molar-refractivity contribution in [3.8, 4) is 0 Å². The van der Waals surface area contributed by atoms with E-state index in [1.54, 1.807) is 7.05 Å². The van der Waals surface area contributed by atoms with Gasteiger partial charge in [0.1, 0.15) is 15.9 Å². The molecule has 3 N–H and O–H groups in total. The number of nitrogens with zero attached hydrogens (tertiary/aromatic N) is 6. The number of hydrogen-bond acceptors (Lipinski definition) is 12. The molecule has 0 radical (unpaired) electrons. The number of nitrogens with two attached hydrogens (primary N) is 1. The average molecular weight is 571 g/mol. The molecule has 12 nitrogen and oxygen atoms in total. The summed E-state index contributed by atoms with van der Waals surface area (Å²) in [4.78, 5) is 42.6. The van der Waals surface area contributed by atoms with Gasteiger partial charge in [0.05, 0.1) is 22.9 Å². The summed E-state index contributed by atoms with van der Waals surface area (Å²) < 4.78 is 1.11. The molecule has 1 unspecified atom stereocenters. The molecule has 2 aromatic heterocycles. The van der Waals surface area contributed by atoms with Crippen LogP contribution in [-0.2, 0) is 21.4 Å². The number of carboxylic acid groups (broad SMARTS) is 1. The quantitative estimate of drug-likeness (QED) is 0.147. The summed E-state index contributed by atoms with van der Waals surface area (Å²) in [7, 11) is 1.66. The number of carboxylic acids is 1. The van der Waals surface area contributed by atoms with Crippen LogP contribution in [0.2, 0.25) is 0 Å². The van der Waals surface area contributed by atoms with Crippen LogP contribution < -0.4 is 45.7 Å². The van der Waals surface area contributed by atoms with Gasteiger partial charge in [-0.3, -0.25) is 14.5 Å². The zero-order chi connectivity index (χ0) is 23.9. The molecule has 174 valence electrons. The summed E-state index contributed by atoms with van der Waals surface area (Å²) in [6, 6.07) is -0.979. The Morgan fingerprint density at radius 3 is 2.71 bits per heavy atom. The number of amides is 2. The van der Waals surface area contributed by atoms with Crippen LogP contribution >= 0.6 is 58.1 Å². The van der Waals surface area contributed by atoms with Gasteiger partial charge in [-0.25, -0.2) is 9.67 Å². The Balaban J connectivity index is 0.00000324. The van der Waals surface area contributed by atoms with Crippen LogP contribution in [0.1, 0.15) is 5.69 Å². The van der Waals surface area contributed by atoms with E-state index in [1.807, 2.05) is 0 Å². The smallest absolute Gasteiger partial charge is 0.543 e. The molecule has 2 aliphatic heterocycles. The van der Waals surface area contributed by atoms with E-state index in [0.717, 1.165) is 16.2 Å². The minimum atomic E-state index is -1.48. The van der Waals surface area contributed by atoms with E-state index in [2.05, 4.69) is 25.8 Å². The summed E-state index contributed by atoms with van der Waals surface area (Å²) in [5.41, 5.74) is 5.92. The number of hydrogen-bond donors (Lipinski definition) is 2. The number of thiazole rings is 1. The van der Waals surface area contributed by atoms with Crippen molar-refractivity contribution in [3.63, 3.8) is 0 Å². The minimum absolute atomic E-state index is 0. The van der Waals surface area contributed by atoms with Crippen molar-refractivity contribution in [2.24, 2.45) is 7.05 Å². The second kappa shape index (κ2) is 11.2.